The molecule has 1 saturated carbocycles. The smallest absolute Gasteiger partial charge is 0.406 e. The second-order valence-electron chi connectivity index (χ2n) is 11.9. The predicted octanol–water partition coefficient (Wildman–Crippen LogP) is 8.44. The maximum atomic E-state index is 13.3. The molecule has 1 aliphatic heterocycles. The minimum Gasteiger partial charge on any atom is -0.406 e. The molecular formula is C35H37F3N6O2S. The molecule has 4 aromatic rings. The molecule has 1 N–H and O–H groups in total. The van der Waals surface area contributed by atoms with E-state index in [4.69, 9.17) is 0 Å². The Balaban J connectivity index is 1.12. The summed E-state index contributed by atoms with van der Waals surface area (Å²) >= 11 is 1.64. The highest BCUT2D eigenvalue weighted by Gasteiger charge is 2.32. The summed E-state index contributed by atoms with van der Waals surface area (Å²) in [6.45, 7) is 5.12. The van der Waals surface area contributed by atoms with Crippen LogP contribution >= 0.6 is 11.8 Å². The Morgan fingerprint density at radius 3 is 2.60 bits per heavy atom. The molecular weight excluding hydrogens is 625 g/mol. The third-order valence-corrected chi connectivity index (χ3v) is 9.55. The molecule has 2 unspecified atom stereocenters. The van der Waals surface area contributed by atoms with Crippen molar-refractivity contribution in [2.45, 2.75) is 70.7 Å². The number of urea groups is 1. The number of ether oxygens (including phenoxy) is 1. The van der Waals surface area contributed by atoms with E-state index in [0.29, 0.717) is 11.5 Å². The standard InChI is InChI=1S/C35H37F3N6O2S/c1-3-6-25-10-9-23(2)21-31(25)43-19-5-20-47-34(43)41-33(45)40-30-8-4-7-29(30)24-11-13-26(14-12-24)32-39-22-44(42-32)27-15-17-28(18-16-27)46-35(36,37)38/h9-18,21-22,29-30H,3-8,19-20H2,1-2H3,(H,40,45). The van der Waals surface area contributed by atoms with Crippen LogP contribution in [-0.2, 0) is 6.42 Å². The van der Waals surface area contributed by atoms with E-state index in [1.807, 2.05) is 24.3 Å². The number of rotatable bonds is 8. The lowest BCUT2D eigenvalue weighted by atomic mass is 9.93. The van der Waals surface area contributed by atoms with Gasteiger partial charge in [-0.3, -0.25) is 0 Å². The fraction of sp³-hybridized carbons (Fsp3) is 0.371. The highest BCUT2D eigenvalue weighted by molar-refractivity contribution is 8.14. The van der Waals surface area contributed by atoms with Crippen LogP contribution in [0.1, 0.15) is 61.6 Å². The van der Waals surface area contributed by atoms with Gasteiger partial charge in [-0.1, -0.05) is 67.9 Å². The van der Waals surface area contributed by atoms with Crippen molar-refractivity contribution in [1.82, 2.24) is 20.1 Å². The van der Waals surface area contributed by atoms with Crippen molar-refractivity contribution in [2.75, 3.05) is 17.2 Å². The third kappa shape index (κ3) is 7.98. The van der Waals surface area contributed by atoms with E-state index in [0.717, 1.165) is 72.8 Å². The summed E-state index contributed by atoms with van der Waals surface area (Å²) in [6.07, 6.45) is 2.70. The number of nitrogens with zero attached hydrogens (tertiary/aromatic N) is 5. The molecule has 2 amide bonds. The van der Waals surface area contributed by atoms with Gasteiger partial charge in [-0.25, -0.2) is 14.5 Å². The van der Waals surface area contributed by atoms with E-state index in [1.165, 1.54) is 46.4 Å². The number of aryl methyl sites for hydroxylation is 2. The lowest BCUT2D eigenvalue weighted by Gasteiger charge is -2.31. The van der Waals surface area contributed by atoms with Crippen LogP contribution in [0.4, 0.5) is 23.7 Å². The molecule has 0 bridgehead atoms. The molecule has 246 valence electrons. The van der Waals surface area contributed by atoms with Gasteiger partial charge in [-0.05, 0) is 79.6 Å². The Hall–Kier alpha value is -4.32. The maximum Gasteiger partial charge on any atom is 0.573 e. The topological polar surface area (TPSA) is 84.6 Å². The summed E-state index contributed by atoms with van der Waals surface area (Å²) in [5.74, 6) is 1.29. The number of aromatic nitrogens is 3. The Morgan fingerprint density at radius 2 is 1.85 bits per heavy atom. The van der Waals surface area contributed by atoms with Crippen molar-refractivity contribution >= 4 is 28.6 Å². The van der Waals surface area contributed by atoms with E-state index in [2.05, 4.69) is 62.1 Å². The van der Waals surface area contributed by atoms with Crippen molar-refractivity contribution in [3.63, 3.8) is 0 Å². The lowest BCUT2D eigenvalue weighted by Crippen LogP contribution is -2.39. The monoisotopic (exact) mass is 662 g/mol. The quantitative estimate of drug-likeness (QED) is 0.204. The number of alkyl halides is 3. The molecule has 2 fully saturated rings. The molecule has 1 aromatic heterocycles. The van der Waals surface area contributed by atoms with E-state index >= 15 is 0 Å². The van der Waals surface area contributed by atoms with E-state index in [9.17, 15) is 18.0 Å². The molecule has 2 aliphatic rings. The normalized spacial score (nSPS) is 19.3. The largest absolute Gasteiger partial charge is 0.573 e. The molecule has 0 radical (unpaired) electrons. The van der Waals surface area contributed by atoms with E-state index in [1.54, 1.807) is 11.8 Å². The van der Waals surface area contributed by atoms with Crippen LogP contribution in [0, 0.1) is 6.92 Å². The molecule has 2 atom stereocenters. The number of benzene rings is 3. The summed E-state index contributed by atoms with van der Waals surface area (Å²) in [6, 6.07) is 19.7. The zero-order valence-corrected chi connectivity index (χ0v) is 27.2. The van der Waals surface area contributed by atoms with Gasteiger partial charge in [0.1, 0.15) is 12.1 Å². The first-order valence-electron chi connectivity index (χ1n) is 15.9. The molecule has 0 spiro atoms. The van der Waals surface area contributed by atoms with Crippen LogP contribution < -0.4 is 15.0 Å². The van der Waals surface area contributed by atoms with Gasteiger partial charge in [-0.2, -0.15) is 4.99 Å². The average Bonchev–Trinajstić information content (AvgIpc) is 3.73. The van der Waals surface area contributed by atoms with Crippen molar-refractivity contribution in [1.29, 1.82) is 0 Å². The van der Waals surface area contributed by atoms with Gasteiger partial charge in [0.05, 0.1) is 5.69 Å². The summed E-state index contributed by atoms with van der Waals surface area (Å²) in [4.78, 5) is 24.5. The summed E-state index contributed by atoms with van der Waals surface area (Å²) in [5.41, 5.74) is 6.11. The number of nitrogens with one attached hydrogen (secondary N) is 1. The third-order valence-electron chi connectivity index (χ3n) is 8.48. The number of amides is 2. The maximum absolute atomic E-state index is 13.3. The second kappa shape index (κ2) is 14.2. The first-order chi connectivity index (χ1) is 22.7. The predicted molar refractivity (Wildman–Crippen MR) is 179 cm³/mol. The Labute approximate surface area is 276 Å². The number of carbonyl (C=O) groups excluding carboxylic acids is 1. The summed E-state index contributed by atoms with van der Waals surface area (Å²) < 4.78 is 42.9. The fourth-order valence-corrected chi connectivity index (χ4v) is 7.24. The molecule has 2 heterocycles. The molecule has 47 heavy (non-hydrogen) atoms. The zero-order valence-electron chi connectivity index (χ0n) is 26.3. The number of hydrogen-bond acceptors (Lipinski definition) is 5. The zero-order chi connectivity index (χ0) is 33.0. The Kier molecular flexibility index (Phi) is 9.86. The van der Waals surface area contributed by atoms with E-state index < -0.39 is 6.36 Å². The summed E-state index contributed by atoms with van der Waals surface area (Å²) in [7, 11) is 0. The van der Waals surface area contributed by atoms with Crippen LogP contribution in [-0.4, -0.2) is 50.7 Å². The number of halogens is 3. The van der Waals surface area contributed by atoms with Crippen LogP contribution in [0.2, 0.25) is 0 Å². The summed E-state index contributed by atoms with van der Waals surface area (Å²) in [5, 5.41) is 8.48. The minimum atomic E-state index is -4.75. The van der Waals surface area contributed by atoms with Crippen molar-refractivity contribution in [2.24, 2.45) is 4.99 Å². The highest BCUT2D eigenvalue weighted by Crippen LogP contribution is 2.36. The van der Waals surface area contributed by atoms with Crippen LogP contribution in [0.15, 0.2) is 78.0 Å². The van der Waals surface area contributed by atoms with Crippen LogP contribution in [0.5, 0.6) is 5.75 Å². The number of anilines is 1. The van der Waals surface area contributed by atoms with Crippen molar-refractivity contribution in [3.05, 3.63) is 89.7 Å². The van der Waals surface area contributed by atoms with E-state index in [-0.39, 0.29) is 23.7 Å². The Bertz CT molecular complexity index is 1720. The SMILES string of the molecule is CCCc1ccc(C)cc1N1CCCSC1=NC(=O)NC1CCCC1c1ccc(-c2ncn(-c3ccc(OC(F)(F)F)cc3)n2)cc1. The Morgan fingerprint density at radius 1 is 1.06 bits per heavy atom. The van der Waals surface area contributed by atoms with Crippen LogP contribution in [0.3, 0.4) is 0 Å². The molecule has 1 saturated heterocycles. The van der Waals surface area contributed by atoms with Gasteiger partial charge >= 0.3 is 12.4 Å². The number of hydrogen-bond donors (Lipinski definition) is 1. The first-order valence-corrected chi connectivity index (χ1v) is 16.9. The molecule has 3 aromatic carbocycles. The fourth-order valence-electron chi connectivity index (χ4n) is 6.29. The molecule has 12 heteroatoms. The molecule has 6 rings (SSSR count). The molecule has 8 nitrogen and oxygen atoms in total. The van der Waals surface area contributed by atoms with Crippen molar-refractivity contribution < 1.29 is 22.7 Å². The second-order valence-corrected chi connectivity index (χ2v) is 13.0. The van der Waals surface area contributed by atoms with Gasteiger partial charge in [0.2, 0.25) is 0 Å². The number of thioether (sulfide) groups is 1. The molecule has 1 aliphatic carbocycles. The number of aliphatic imine (C=N–C) groups is 1. The first kappa shape index (κ1) is 32.6. The number of carbonyl (C=O) groups is 1. The average molecular weight is 663 g/mol. The van der Waals surface area contributed by atoms with Gasteiger partial charge in [0.25, 0.3) is 0 Å². The van der Waals surface area contributed by atoms with Gasteiger partial charge in [-0.15, -0.1) is 18.3 Å². The van der Waals surface area contributed by atoms with Crippen molar-refractivity contribution in [3.8, 4) is 22.8 Å². The minimum absolute atomic E-state index is 0.0176. The van der Waals surface area contributed by atoms with Gasteiger partial charge in [0, 0.05) is 35.5 Å². The number of amidine groups is 1. The van der Waals surface area contributed by atoms with Crippen LogP contribution in [0.25, 0.3) is 17.1 Å². The lowest BCUT2D eigenvalue weighted by molar-refractivity contribution is -0.274. The van der Waals surface area contributed by atoms with Gasteiger partial charge < -0.3 is 15.0 Å². The van der Waals surface area contributed by atoms with Gasteiger partial charge in [0.15, 0.2) is 11.0 Å². The highest BCUT2D eigenvalue weighted by atomic mass is 32.2.